The van der Waals surface area contributed by atoms with Crippen molar-refractivity contribution in [2.24, 2.45) is 0 Å². The molecule has 3 aromatic carbocycles. The number of benzene rings is 3. The number of nitrogens with one attached hydrogen (secondary N) is 3. The van der Waals surface area contributed by atoms with Gasteiger partial charge in [-0.15, -0.1) is 10.2 Å². The van der Waals surface area contributed by atoms with E-state index in [2.05, 4.69) is 31.1 Å². The first-order chi connectivity index (χ1) is 18.6. The second-order valence-corrected chi connectivity index (χ2v) is 9.38. The monoisotopic (exact) mass is 538 g/mol. The van der Waals surface area contributed by atoms with Crippen LogP contribution in [-0.4, -0.2) is 33.4 Å². The van der Waals surface area contributed by atoms with Crippen molar-refractivity contribution >= 4 is 57.0 Å². The van der Waals surface area contributed by atoms with Gasteiger partial charge in [0.25, 0.3) is 0 Å². The zero-order valence-corrected chi connectivity index (χ0v) is 21.8. The Hall–Kier alpha value is -4.67. The molecule has 2 aromatic heterocycles. The van der Waals surface area contributed by atoms with E-state index < -0.39 is 5.97 Å². The summed E-state index contributed by atoms with van der Waals surface area (Å²) in [7, 11) is 1.34. The standard InChI is InChI=1S/C28H22N6O2S2/c1-36-26(35)24-25(19-12-6-3-7-13-19)38-28(32-24)30-22-15-9-8-14-21(22)29-27(37)31-23-17-16-20(33-34-23)18-10-4-2-5-11-18/h2-17H,1H3,(H,30,32)(H2,29,31,34,37). The van der Waals surface area contributed by atoms with Crippen LogP contribution in [0.25, 0.3) is 21.7 Å². The van der Waals surface area contributed by atoms with Crippen molar-refractivity contribution in [1.82, 2.24) is 15.2 Å². The quantitative estimate of drug-likeness (QED) is 0.156. The molecular weight excluding hydrogens is 516 g/mol. The smallest absolute Gasteiger partial charge is 0.358 e. The highest BCUT2D eigenvalue weighted by Gasteiger charge is 2.20. The van der Waals surface area contributed by atoms with Gasteiger partial charge in [-0.25, -0.2) is 9.78 Å². The Kier molecular flexibility index (Phi) is 7.62. The molecule has 0 saturated heterocycles. The van der Waals surface area contributed by atoms with E-state index in [4.69, 9.17) is 17.0 Å². The van der Waals surface area contributed by atoms with E-state index in [1.807, 2.05) is 97.1 Å². The number of carbonyl (C=O) groups is 1. The van der Waals surface area contributed by atoms with Crippen molar-refractivity contribution in [3.63, 3.8) is 0 Å². The summed E-state index contributed by atoms with van der Waals surface area (Å²) in [5.74, 6) is 0.0205. The minimum atomic E-state index is -0.496. The maximum absolute atomic E-state index is 12.4. The minimum Gasteiger partial charge on any atom is -0.464 e. The Bertz CT molecular complexity index is 1560. The Labute approximate surface area is 228 Å². The third-order valence-corrected chi connectivity index (χ3v) is 6.66. The highest BCUT2D eigenvalue weighted by Crippen LogP contribution is 2.36. The number of hydrogen-bond acceptors (Lipinski definition) is 8. The first-order valence-electron chi connectivity index (χ1n) is 11.6. The number of ether oxygens (including phenoxy) is 1. The molecule has 0 unspecified atom stereocenters. The number of anilines is 4. The minimum absolute atomic E-state index is 0.256. The molecule has 5 aromatic rings. The predicted octanol–water partition coefficient (Wildman–Crippen LogP) is 6.61. The molecule has 0 radical (unpaired) electrons. The van der Waals surface area contributed by atoms with E-state index in [0.717, 1.165) is 33.1 Å². The fraction of sp³-hybridized carbons (Fsp3) is 0.0357. The maximum atomic E-state index is 12.4. The first-order valence-corrected chi connectivity index (χ1v) is 12.8. The van der Waals surface area contributed by atoms with Crippen LogP contribution >= 0.6 is 23.6 Å². The summed E-state index contributed by atoms with van der Waals surface area (Å²) in [5, 5.41) is 19.0. The number of hydrogen-bond donors (Lipinski definition) is 3. The average molecular weight is 539 g/mol. The molecule has 38 heavy (non-hydrogen) atoms. The molecule has 5 rings (SSSR count). The maximum Gasteiger partial charge on any atom is 0.358 e. The number of thiocarbonyl (C=S) groups is 1. The summed E-state index contributed by atoms with van der Waals surface area (Å²) in [6.07, 6.45) is 0. The van der Waals surface area contributed by atoms with Gasteiger partial charge in [0.05, 0.1) is 29.1 Å². The molecule has 0 aliphatic carbocycles. The van der Waals surface area contributed by atoms with Gasteiger partial charge in [0, 0.05) is 5.56 Å². The summed E-state index contributed by atoms with van der Waals surface area (Å²) in [5.41, 5.74) is 4.34. The lowest BCUT2D eigenvalue weighted by Gasteiger charge is -2.14. The Morgan fingerprint density at radius 1 is 0.789 bits per heavy atom. The largest absolute Gasteiger partial charge is 0.464 e. The van der Waals surface area contributed by atoms with E-state index in [1.165, 1.54) is 18.4 Å². The summed E-state index contributed by atoms with van der Waals surface area (Å²) in [6, 6.07) is 30.7. The number of thiazole rings is 1. The Balaban J connectivity index is 1.31. The van der Waals surface area contributed by atoms with Crippen LogP contribution in [0, 0.1) is 0 Å². The molecule has 0 spiro atoms. The molecule has 0 amide bonds. The van der Waals surface area contributed by atoms with Crippen LogP contribution in [0.1, 0.15) is 10.5 Å². The lowest BCUT2D eigenvalue weighted by atomic mass is 10.1. The van der Waals surface area contributed by atoms with Gasteiger partial charge in [0.1, 0.15) is 0 Å². The second kappa shape index (κ2) is 11.6. The van der Waals surface area contributed by atoms with E-state index in [-0.39, 0.29) is 5.69 Å². The molecule has 10 heteroatoms. The third kappa shape index (κ3) is 5.83. The van der Waals surface area contributed by atoms with Gasteiger partial charge in [0.15, 0.2) is 21.8 Å². The zero-order chi connectivity index (χ0) is 26.3. The van der Waals surface area contributed by atoms with Crippen molar-refractivity contribution in [2.45, 2.75) is 0 Å². The van der Waals surface area contributed by atoms with Gasteiger partial charge in [0.2, 0.25) is 0 Å². The van der Waals surface area contributed by atoms with E-state index >= 15 is 0 Å². The highest BCUT2D eigenvalue weighted by atomic mass is 32.1. The van der Waals surface area contributed by atoms with Crippen molar-refractivity contribution in [1.29, 1.82) is 0 Å². The van der Waals surface area contributed by atoms with Gasteiger partial charge >= 0.3 is 5.97 Å². The number of esters is 1. The molecule has 3 N–H and O–H groups in total. The average Bonchev–Trinajstić information content (AvgIpc) is 3.39. The molecule has 0 atom stereocenters. The molecule has 0 saturated carbocycles. The normalized spacial score (nSPS) is 10.4. The molecule has 0 bridgehead atoms. The van der Waals surface area contributed by atoms with Gasteiger partial charge in [-0.3, -0.25) is 0 Å². The molecule has 0 aliphatic heterocycles. The number of aromatic nitrogens is 3. The fourth-order valence-electron chi connectivity index (χ4n) is 3.64. The molecular formula is C28H22N6O2S2. The van der Waals surface area contributed by atoms with Crippen LogP contribution in [0.15, 0.2) is 97.1 Å². The van der Waals surface area contributed by atoms with Gasteiger partial charge in [-0.2, -0.15) is 0 Å². The van der Waals surface area contributed by atoms with Crippen LogP contribution in [0.5, 0.6) is 0 Å². The number of nitrogens with zero attached hydrogens (tertiary/aromatic N) is 3. The highest BCUT2D eigenvalue weighted by molar-refractivity contribution is 7.80. The van der Waals surface area contributed by atoms with E-state index in [9.17, 15) is 4.79 Å². The summed E-state index contributed by atoms with van der Waals surface area (Å²) in [6.45, 7) is 0. The van der Waals surface area contributed by atoms with Crippen molar-refractivity contribution in [3.05, 3.63) is 103 Å². The molecule has 188 valence electrons. The number of rotatable bonds is 7. The van der Waals surface area contributed by atoms with Gasteiger partial charge < -0.3 is 20.7 Å². The summed E-state index contributed by atoms with van der Waals surface area (Å²) < 4.78 is 4.96. The van der Waals surface area contributed by atoms with Crippen LogP contribution in [0.4, 0.5) is 22.3 Å². The van der Waals surface area contributed by atoms with Gasteiger partial charge in [-0.05, 0) is 42.0 Å². The topological polar surface area (TPSA) is 101 Å². The first kappa shape index (κ1) is 25.0. The van der Waals surface area contributed by atoms with Crippen molar-refractivity contribution < 1.29 is 9.53 Å². The van der Waals surface area contributed by atoms with Crippen LogP contribution in [-0.2, 0) is 4.74 Å². The molecule has 0 fully saturated rings. The number of carbonyl (C=O) groups excluding carboxylic acids is 1. The Morgan fingerprint density at radius 2 is 1.45 bits per heavy atom. The summed E-state index contributed by atoms with van der Waals surface area (Å²) >= 11 is 6.88. The predicted molar refractivity (Wildman–Crippen MR) is 156 cm³/mol. The molecule has 2 heterocycles. The molecule has 0 aliphatic rings. The number of methoxy groups -OCH3 is 1. The SMILES string of the molecule is COC(=O)c1nc(Nc2ccccc2NC(=S)Nc2ccc(-c3ccccc3)nn2)sc1-c1ccccc1. The molecule has 8 nitrogen and oxygen atoms in total. The van der Waals surface area contributed by atoms with Crippen molar-refractivity contribution in [3.8, 4) is 21.7 Å². The lowest BCUT2D eigenvalue weighted by Crippen LogP contribution is -2.20. The number of para-hydroxylation sites is 2. The van der Waals surface area contributed by atoms with E-state index in [1.54, 1.807) is 0 Å². The fourth-order valence-corrected chi connectivity index (χ4v) is 4.83. The lowest BCUT2D eigenvalue weighted by molar-refractivity contribution is 0.0596. The van der Waals surface area contributed by atoms with Crippen LogP contribution < -0.4 is 16.0 Å². The van der Waals surface area contributed by atoms with Crippen LogP contribution in [0.3, 0.4) is 0 Å². The summed E-state index contributed by atoms with van der Waals surface area (Å²) in [4.78, 5) is 17.6. The Morgan fingerprint density at radius 3 is 2.11 bits per heavy atom. The van der Waals surface area contributed by atoms with Crippen molar-refractivity contribution in [2.75, 3.05) is 23.1 Å². The third-order valence-electron chi connectivity index (χ3n) is 5.43. The second-order valence-electron chi connectivity index (χ2n) is 7.97. The van der Waals surface area contributed by atoms with E-state index in [0.29, 0.717) is 16.1 Å². The van der Waals surface area contributed by atoms with Gasteiger partial charge in [-0.1, -0.05) is 84.1 Å². The van der Waals surface area contributed by atoms with Crippen LogP contribution in [0.2, 0.25) is 0 Å². The zero-order valence-electron chi connectivity index (χ0n) is 20.2.